The van der Waals surface area contributed by atoms with E-state index in [0.717, 1.165) is 66.9 Å². The van der Waals surface area contributed by atoms with Gasteiger partial charge in [0.2, 0.25) is 0 Å². The molecule has 4 nitrogen and oxygen atoms in total. The van der Waals surface area contributed by atoms with E-state index in [4.69, 9.17) is 15.0 Å². The maximum atomic E-state index is 5.42. The number of hydrogen-bond acceptors (Lipinski definition) is 3. The Labute approximate surface area is 430 Å². The Hall–Kier alpha value is -9.77. The third kappa shape index (κ3) is 7.43. The van der Waals surface area contributed by atoms with E-state index in [2.05, 4.69) is 265 Å². The molecule has 14 rings (SSSR count). The highest BCUT2D eigenvalue weighted by atomic mass is 15.0. The molecule has 0 bridgehead atoms. The van der Waals surface area contributed by atoms with Crippen LogP contribution in [0, 0.1) is 0 Å². The lowest BCUT2D eigenvalue weighted by Crippen LogP contribution is -2.07. The third-order valence-corrected chi connectivity index (χ3v) is 14.8. The number of rotatable bonds is 9. The molecule has 1 aliphatic rings. The SMILES string of the molecule is c1ccc(-c2ccc(-c3nc(-c4ccc(-c5ccccc5)cc4)nc(-c4cc(-c5ccccc5)c(C5c6ccccc6-c6ccc7c(c65)c5ccccc5n7-c5ccccc5)c(-c5ccccc5)c4)n3)cc2)cc1. The minimum Gasteiger partial charge on any atom is -0.309 e. The molecule has 0 amide bonds. The Kier molecular flexibility index (Phi) is 10.5. The molecule has 346 valence electrons. The van der Waals surface area contributed by atoms with Gasteiger partial charge < -0.3 is 4.57 Å². The summed E-state index contributed by atoms with van der Waals surface area (Å²) in [5.41, 5.74) is 21.7. The van der Waals surface area contributed by atoms with E-state index in [1.807, 2.05) is 12.1 Å². The molecule has 0 radical (unpaired) electrons. The summed E-state index contributed by atoms with van der Waals surface area (Å²) in [6.45, 7) is 0. The van der Waals surface area contributed by atoms with Crippen molar-refractivity contribution in [1.29, 1.82) is 0 Å². The Morgan fingerprint density at radius 2 is 0.689 bits per heavy atom. The standard InChI is InChI=1S/C70H46N4/c1-6-20-46(21-7-1)48-34-38-52(39-35-48)68-71-69(53-40-36-49(37-41-53)47-22-8-2-9-23-47)73-70(72-68)54-44-60(50-24-10-3-11-25-50)64(61(45-54)51-26-12-4-13-27-51)66-57-31-17-16-30-56(57)58-42-43-63-65(67(58)66)59-32-18-19-33-62(59)74(63)55-28-14-5-15-29-55/h1-45,66H. The van der Waals surface area contributed by atoms with Gasteiger partial charge in [0.15, 0.2) is 17.5 Å². The second-order valence-electron chi connectivity index (χ2n) is 19.0. The van der Waals surface area contributed by atoms with Gasteiger partial charge in [-0.2, -0.15) is 0 Å². The predicted octanol–water partition coefficient (Wildman–Crippen LogP) is 17.8. The Balaban J connectivity index is 1.03. The van der Waals surface area contributed by atoms with E-state index < -0.39 is 0 Å². The van der Waals surface area contributed by atoms with Gasteiger partial charge in [0.05, 0.1) is 11.0 Å². The van der Waals surface area contributed by atoms with Crippen molar-refractivity contribution in [3.8, 4) is 95.5 Å². The number of para-hydroxylation sites is 2. The van der Waals surface area contributed by atoms with Crippen LogP contribution in [0.25, 0.3) is 117 Å². The average Bonchev–Trinajstić information content (AvgIpc) is 4.01. The smallest absolute Gasteiger partial charge is 0.164 e. The molecule has 1 atom stereocenters. The highest BCUT2D eigenvalue weighted by molar-refractivity contribution is 6.14. The summed E-state index contributed by atoms with van der Waals surface area (Å²) >= 11 is 0. The fourth-order valence-corrected chi connectivity index (χ4v) is 11.4. The summed E-state index contributed by atoms with van der Waals surface area (Å²) in [6, 6.07) is 97.9. The van der Waals surface area contributed by atoms with Crippen LogP contribution in [0.1, 0.15) is 22.6 Å². The quantitative estimate of drug-likeness (QED) is 0.145. The number of fused-ring (bicyclic) bond motifs is 7. The lowest BCUT2D eigenvalue weighted by molar-refractivity contribution is 1.03. The second kappa shape index (κ2) is 18.1. The molecule has 0 saturated heterocycles. The summed E-state index contributed by atoms with van der Waals surface area (Å²) in [5.74, 6) is 1.69. The molecule has 0 saturated carbocycles. The zero-order valence-electron chi connectivity index (χ0n) is 40.3. The summed E-state index contributed by atoms with van der Waals surface area (Å²) in [5, 5.41) is 2.51. The second-order valence-corrected chi connectivity index (χ2v) is 19.0. The van der Waals surface area contributed by atoms with Gasteiger partial charge in [0.25, 0.3) is 0 Å². The predicted molar refractivity (Wildman–Crippen MR) is 305 cm³/mol. The van der Waals surface area contributed by atoms with E-state index in [9.17, 15) is 0 Å². The topological polar surface area (TPSA) is 43.6 Å². The fourth-order valence-electron chi connectivity index (χ4n) is 11.4. The number of nitrogens with zero attached hydrogens (tertiary/aromatic N) is 4. The van der Waals surface area contributed by atoms with Gasteiger partial charge in [-0.25, -0.2) is 15.0 Å². The molecule has 0 fully saturated rings. The van der Waals surface area contributed by atoms with Crippen LogP contribution in [0.5, 0.6) is 0 Å². The molecule has 74 heavy (non-hydrogen) atoms. The van der Waals surface area contributed by atoms with E-state index in [1.165, 1.54) is 49.6 Å². The molecule has 2 aromatic heterocycles. The maximum Gasteiger partial charge on any atom is 0.164 e. The van der Waals surface area contributed by atoms with Crippen LogP contribution in [-0.4, -0.2) is 19.5 Å². The van der Waals surface area contributed by atoms with E-state index in [0.29, 0.717) is 17.5 Å². The summed E-state index contributed by atoms with van der Waals surface area (Å²) in [4.78, 5) is 16.1. The first-order valence-electron chi connectivity index (χ1n) is 25.3. The molecule has 13 aromatic rings. The van der Waals surface area contributed by atoms with Crippen LogP contribution >= 0.6 is 0 Å². The highest BCUT2D eigenvalue weighted by Crippen LogP contribution is 2.56. The first kappa shape index (κ1) is 43.1. The molecule has 0 spiro atoms. The number of aromatic nitrogens is 4. The molecule has 0 aliphatic heterocycles. The zero-order valence-corrected chi connectivity index (χ0v) is 40.3. The van der Waals surface area contributed by atoms with Crippen molar-refractivity contribution < 1.29 is 0 Å². The molecule has 0 N–H and O–H groups in total. The van der Waals surface area contributed by atoms with Crippen molar-refractivity contribution in [3.63, 3.8) is 0 Å². The normalized spacial score (nSPS) is 12.7. The van der Waals surface area contributed by atoms with E-state index >= 15 is 0 Å². The Morgan fingerprint density at radius 3 is 1.23 bits per heavy atom. The van der Waals surface area contributed by atoms with Gasteiger partial charge in [-0.3, -0.25) is 0 Å². The number of hydrogen-bond donors (Lipinski definition) is 0. The first-order chi connectivity index (χ1) is 36.7. The largest absolute Gasteiger partial charge is 0.309 e. The minimum atomic E-state index is -0.130. The minimum absolute atomic E-state index is 0.130. The van der Waals surface area contributed by atoms with Crippen LogP contribution < -0.4 is 0 Å². The van der Waals surface area contributed by atoms with Crippen molar-refractivity contribution in [1.82, 2.24) is 19.5 Å². The molecule has 2 heterocycles. The van der Waals surface area contributed by atoms with Crippen molar-refractivity contribution in [2.24, 2.45) is 0 Å². The van der Waals surface area contributed by atoms with E-state index in [-0.39, 0.29) is 5.92 Å². The summed E-state index contributed by atoms with van der Waals surface area (Å²) in [6.07, 6.45) is 0. The highest BCUT2D eigenvalue weighted by Gasteiger charge is 2.37. The van der Waals surface area contributed by atoms with Crippen LogP contribution in [0.3, 0.4) is 0 Å². The molecule has 11 aromatic carbocycles. The van der Waals surface area contributed by atoms with Gasteiger partial charge in [-0.05, 0) is 109 Å². The monoisotopic (exact) mass is 942 g/mol. The van der Waals surface area contributed by atoms with Crippen LogP contribution in [0.15, 0.2) is 273 Å². The van der Waals surface area contributed by atoms with Crippen LogP contribution in [-0.2, 0) is 0 Å². The van der Waals surface area contributed by atoms with Crippen molar-refractivity contribution in [2.45, 2.75) is 5.92 Å². The molecule has 1 unspecified atom stereocenters. The van der Waals surface area contributed by atoms with Crippen LogP contribution in [0.2, 0.25) is 0 Å². The summed E-state index contributed by atoms with van der Waals surface area (Å²) in [7, 11) is 0. The van der Waals surface area contributed by atoms with Crippen molar-refractivity contribution >= 4 is 21.8 Å². The molecule has 4 heteroatoms. The van der Waals surface area contributed by atoms with Crippen molar-refractivity contribution in [3.05, 3.63) is 290 Å². The fraction of sp³-hybridized carbons (Fsp3) is 0.0143. The van der Waals surface area contributed by atoms with Crippen molar-refractivity contribution in [2.75, 3.05) is 0 Å². The number of benzene rings is 11. The Bertz CT molecular complexity index is 4030. The Morgan fingerprint density at radius 1 is 0.270 bits per heavy atom. The van der Waals surface area contributed by atoms with E-state index in [1.54, 1.807) is 0 Å². The zero-order chi connectivity index (χ0) is 49.0. The van der Waals surface area contributed by atoms with Gasteiger partial charge in [-0.15, -0.1) is 0 Å². The molecule has 1 aliphatic carbocycles. The average molecular weight is 943 g/mol. The molecular weight excluding hydrogens is 897 g/mol. The van der Waals surface area contributed by atoms with Gasteiger partial charge in [-0.1, -0.05) is 237 Å². The van der Waals surface area contributed by atoms with Crippen LogP contribution in [0.4, 0.5) is 0 Å². The van der Waals surface area contributed by atoms with Gasteiger partial charge in [0.1, 0.15) is 0 Å². The van der Waals surface area contributed by atoms with Gasteiger partial charge in [0, 0.05) is 39.1 Å². The lowest BCUT2D eigenvalue weighted by Gasteiger charge is -2.25. The first-order valence-corrected chi connectivity index (χ1v) is 25.3. The maximum absolute atomic E-state index is 5.42. The van der Waals surface area contributed by atoms with Gasteiger partial charge >= 0.3 is 0 Å². The summed E-state index contributed by atoms with van der Waals surface area (Å²) < 4.78 is 2.44. The molecular formula is C70H46N4. The lowest BCUT2D eigenvalue weighted by atomic mass is 9.78. The third-order valence-electron chi connectivity index (χ3n) is 14.8.